The van der Waals surface area contributed by atoms with Crippen molar-refractivity contribution in [3.05, 3.63) is 29.3 Å². The predicted octanol–water partition coefficient (Wildman–Crippen LogP) is 4.51. The van der Waals surface area contributed by atoms with E-state index >= 15 is 0 Å². The van der Waals surface area contributed by atoms with Gasteiger partial charge in [0.25, 0.3) is 0 Å². The van der Waals surface area contributed by atoms with Gasteiger partial charge in [0.1, 0.15) is 0 Å². The molecule has 0 spiro atoms. The highest BCUT2D eigenvalue weighted by Gasteiger charge is 2.31. The molecule has 0 aliphatic rings. The summed E-state index contributed by atoms with van der Waals surface area (Å²) < 4.78 is 15.1. The standard InChI is InChI=1S/C14H22Cl3N4OPS/c1-11(2)19-23(22,21(9-7-15)10-8-16)20-14(24)18-13-6-4-3-5-12(13)17/h3-6,11H,7-10H2,1-2H3,(H3,18,19,20,22,24). The summed E-state index contributed by atoms with van der Waals surface area (Å²) in [5.74, 6) is 0.653. The zero-order chi connectivity index (χ0) is 18.2. The quantitative estimate of drug-likeness (QED) is 0.304. The van der Waals surface area contributed by atoms with Crippen LogP contribution in [0.3, 0.4) is 0 Å². The first-order chi connectivity index (χ1) is 11.3. The number of nitrogens with zero attached hydrogens (tertiary/aromatic N) is 1. The first kappa shape index (κ1) is 22.0. The van der Waals surface area contributed by atoms with E-state index in [4.69, 9.17) is 47.0 Å². The van der Waals surface area contributed by atoms with E-state index in [2.05, 4.69) is 15.5 Å². The zero-order valence-corrected chi connectivity index (χ0v) is 17.5. The highest BCUT2D eigenvalue weighted by molar-refractivity contribution is 7.81. The number of hydrogen-bond acceptors (Lipinski definition) is 2. The lowest BCUT2D eigenvalue weighted by Crippen LogP contribution is -2.43. The van der Waals surface area contributed by atoms with E-state index in [1.165, 1.54) is 0 Å². The lowest BCUT2D eigenvalue weighted by Gasteiger charge is -2.33. The summed E-state index contributed by atoms with van der Waals surface area (Å²) in [7, 11) is -3.21. The highest BCUT2D eigenvalue weighted by atomic mass is 35.5. The molecule has 1 unspecified atom stereocenters. The first-order valence-corrected chi connectivity index (χ1v) is 10.9. The number of benzene rings is 1. The number of rotatable bonds is 9. The molecule has 1 rings (SSSR count). The molecule has 24 heavy (non-hydrogen) atoms. The van der Waals surface area contributed by atoms with E-state index in [9.17, 15) is 4.57 Å². The number of halogens is 3. The number of nitrogens with one attached hydrogen (secondary N) is 3. The van der Waals surface area contributed by atoms with Crippen LogP contribution in [-0.4, -0.2) is 40.7 Å². The third-order valence-corrected chi connectivity index (χ3v) is 6.50. The number of thiocarbonyl (C=S) groups is 1. The Hall–Kier alpha value is -0.0700. The zero-order valence-electron chi connectivity index (χ0n) is 13.6. The normalized spacial score (nSPS) is 13.8. The van der Waals surface area contributed by atoms with Crippen molar-refractivity contribution in [2.24, 2.45) is 0 Å². The van der Waals surface area contributed by atoms with Gasteiger partial charge in [0.15, 0.2) is 5.11 Å². The van der Waals surface area contributed by atoms with Crippen LogP contribution in [0, 0.1) is 0 Å². The molecule has 0 aliphatic carbocycles. The third-order valence-electron chi connectivity index (χ3n) is 2.89. The Morgan fingerprint density at radius 3 is 2.33 bits per heavy atom. The fourth-order valence-electron chi connectivity index (χ4n) is 1.97. The lowest BCUT2D eigenvalue weighted by atomic mass is 10.3. The molecule has 0 bridgehead atoms. The van der Waals surface area contributed by atoms with Crippen LogP contribution in [0.25, 0.3) is 0 Å². The summed E-state index contributed by atoms with van der Waals surface area (Å²) in [5, 5.41) is 9.62. The molecule has 1 aromatic carbocycles. The average Bonchev–Trinajstić information content (AvgIpc) is 2.48. The molecule has 0 saturated heterocycles. The smallest absolute Gasteiger partial charge is 0.308 e. The molecule has 1 atom stereocenters. The Balaban J connectivity index is 2.93. The number of hydrogen-bond donors (Lipinski definition) is 3. The van der Waals surface area contributed by atoms with Gasteiger partial charge < -0.3 is 5.32 Å². The SMILES string of the molecule is CC(C)NP(=O)(NC(=S)Nc1ccccc1Cl)N(CCCl)CCCl. The summed E-state index contributed by atoms with van der Waals surface area (Å²) in [5.41, 5.74) is 0.633. The van der Waals surface area contributed by atoms with Crippen molar-refractivity contribution < 1.29 is 4.57 Å². The second-order valence-corrected chi connectivity index (χ2v) is 9.01. The molecule has 0 saturated carbocycles. The molecule has 0 fully saturated rings. The Kier molecular flexibility index (Phi) is 9.90. The Morgan fingerprint density at radius 1 is 1.25 bits per heavy atom. The van der Waals surface area contributed by atoms with Crippen LogP contribution in [0.2, 0.25) is 5.02 Å². The third kappa shape index (κ3) is 7.04. The molecular formula is C14H22Cl3N4OPS. The summed E-state index contributed by atoms with van der Waals surface area (Å²) in [6.07, 6.45) is 0. The van der Waals surface area contributed by atoms with E-state index in [1.54, 1.807) is 16.8 Å². The van der Waals surface area contributed by atoms with Crippen LogP contribution in [0.4, 0.5) is 5.69 Å². The molecule has 0 heterocycles. The van der Waals surface area contributed by atoms with Crippen LogP contribution in [-0.2, 0) is 4.57 Å². The van der Waals surface area contributed by atoms with Gasteiger partial charge in [-0.1, -0.05) is 23.7 Å². The van der Waals surface area contributed by atoms with E-state index in [-0.39, 0.29) is 11.2 Å². The average molecular weight is 432 g/mol. The van der Waals surface area contributed by atoms with Crippen molar-refractivity contribution in [2.45, 2.75) is 19.9 Å². The first-order valence-electron chi connectivity index (χ1n) is 7.41. The van der Waals surface area contributed by atoms with E-state index in [0.29, 0.717) is 35.6 Å². The molecular weight excluding hydrogens is 410 g/mol. The topological polar surface area (TPSA) is 56.4 Å². The molecule has 0 aromatic heterocycles. The Labute approximate surface area is 163 Å². The number of alkyl halides is 2. The number of para-hydroxylation sites is 1. The van der Waals surface area contributed by atoms with Gasteiger partial charge in [-0.15, -0.1) is 23.2 Å². The van der Waals surface area contributed by atoms with Gasteiger partial charge >= 0.3 is 7.59 Å². The summed E-state index contributed by atoms with van der Waals surface area (Å²) in [6.45, 7) is 4.62. The monoisotopic (exact) mass is 430 g/mol. The fraction of sp³-hybridized carbons (Fsp3) is 0.500. The highest BCUT2D eigenvalue weighted by Crippen LogP contribution is 2.41. The second kappa shape index (κ2) is 10.8. The van der Waals surface area contributed by atoms with Crippen LogP contribution < -0.4 is 15.5 Å². The van der Waals surface area contributed by atoms with Crippen molar-refractivity contribution in [2.75, 3.05) is 30.2 Å². The molecule has 0 radical (unpaired) electrons. The van der Waals surface area contributed by atoms with Crippen molar-refractivity contribution in [3.63, 3.8) is 0 Å². The second-order valence-electron chi connectivity index (χ2n) is 5.24. The fourth-order valence-corrected chi connectivity index (χ4v) is 5.45. The Bertz CT molecular complexity index is 585. The van der Waals surface area contributed by atoms with Crippen molar-refractivity contribution in [1.29, 1.82) is 0 Å². The van der Waals surface area contributed by atoms with E-state index in [1.807, 2.05) is 26.0 Å². The number of anilines is 1. The van der Waals surface area contributed by atoms with Gasteiger partial charge in [0.2, 0.25) is 0 Å². The van der Waals surface area contributed by atoms with Gasteiger partial charge in [-0.25, -0.2) is 9.76 Å². The minimum absolute atomic E-state index is 0.0282. The van der Waals surface area contributed by atoms with Crippen LogP contribution in [0.5, 0.6) is 0 Å². The van der Waals surface area contributed by atoms with Gasteiger partial charge in [-0.2, -0.15) is 0 Å². The maximum absolute atomic E-state index is 13.4. The molecule has 10 heteroatoms. The molecule has 3 N–H and O–H groups in total. The summed E-state index contributed by atoms with van der Waals surface area (Å²) in [4.78, 5) is 0. The predicted molar refractivity (Wildman–Crippen MR) is 110 cm³/mol. The van der Waals surface area contributed by atoms with Crippen LogP contribution >= 0.6 is 54.6 Å². The van der Waals surface area contributed by atoms with Gasteiger partial charge in [-0.3, -0.25) is 9.65 Å². The van der Waals surface area contributed by atoms with Crippen molar-refractivity contribution in [1.82, 2.24) is 14.8 Å². The van der Waals surface area contributed by atoms with Crippen molar-refractivity contribution in [3.8, 4) is 0 Å². The summed E-state index contributed by atoms with van der Waals surface area (Å²) >= 11 is 23.1. The van der Waals surface area contributed by atoms with Crippen LogP contribution in [0.15, 0.2) is 24.3 Å². The molecule has 5 nitrogen and oxygen atoms in total. The maximum Gasteiger partial charge on any atom is 0.308 e. The van der Waals surface area contributed by atoms with Gasteiger partial charge in [0.05, 0.1) is 10.7 Å². The minimum atomic E-state index is -3.21. The van der Waals surface area contributed by atoms with Gasteiger partial charge in [-0.05, 0) is 38.2 Å². The molecule has 0 amide bonds. The Morgan fingerprint density at radius 2 is 1.83 bits per heavy atom. The molecule has 0 aliphatic heterocycles. The van der Waals surface area contributed by atoms with Crippen molar-refractivity contribution >= 4 is 65.4 Å². The maximum atomic E-state index is 13.4. The molecule has 1 aromatic rings. The van der Waals surface area contributed by atoms with Gasteiger partial charge in [0, 0.05) is 30.9 Å². The largest absolute Gasteiger partial charge is 0.331 e. The molecule has 136 valence electrons. The summed E-state index contributed by atoms with van der Waals surface area (Å²) in [6, 6.07) is 7.14. The van der Waals surface area contributed by atoms with E-state index < -0.39 is 7.59 Å². The van der Waals surface area contributed by atoms with Crippen LogP contribution in [0.1, 0.15) is 13.8 Å². The van der Waals surface area contributed by atoms with E-state index in [0.717, 1.165) is 0 Å². The lowest BCUT2D eigenvalue weighted by molar-refractivity contribution is 0.425. The minimum Gasteiger partial charge on any atom is -0.331 e.